The summed E-state index contributed by atoms with van der Waals surface area (Å²) in [5.41, 5.74) is 3.99. The smallest absolute Gasteiger partial charge is 0.335 e. The van der Waals surface area contributed by atoms with Crippen LogP contribution in [0.4, 0.5) is 0 Å². The zero-order chi connectivity index (χ0) is 36.1. The van der Waals surface area contributed by atoms with Crippen LogP contribution in [0.1, 0.15) is 122 Å². The molecule has 2 amide bonds. The predicted octanol–water partition coefficient (Wildman–Crippen LogP) is 7.97. The zero-order valence-electron chi connectivity index (χ0n) is 31.7. The fourth-order valence-corrected chi connectivity index (χ4v) is 11.9. The highest BCUT2D eigenvalue weighted by Gasteiger charge is 2.67. The van der Waals surface area contributed by atoms with Crippen molar-refractivity contribution in [3.05, 3.63) is 53.6 Å². The van der Waals surface area contributed by atoms with Crippen molar-refractivity contribution < 1.29 is 19.5 Å². The van der Waals surface area contributed by atoms with E-state index in [4.69, 9.17) is 0 Å². The molecule has 8 unspecified atom stereocenters. The fraction of sp³-hybridized carbons (Fsp3) is 0.698. The third kappa shape index (κ3) is 6.28. The van der Waals surface area contributed by atoms with Crippen molar-refractivity contribution in [2.24, 2.45) is 51.2 Å². The molecule has 50 heavy (non-hydrogen) atoms. The van der Waals surface area contributed by atoms with Gasteiger partial charge in [-0.15, -0.1) is 0 Å². The number of rotatable bonds is 7. The van der Waals surface area contributed by atoms with Gasteiger partial charge in [-0.2, -0.15) is 0 Å². The highest BCUT2D eigenvalue weighted by atomic mass is 16.4. The lowest BCUT2D eigenvalue weighted by Crippen LogP contribution is -2.61. The second kappa shape index (κ2) is 13.9. The Balaban J connectivity index is 1.26. The number of carboxylic acids is 1. The van der Waals surface area contributed by atoms with Gasteiger partial charge < -0.3 is 15.7 Å². The van der Waals surface area contributed by atoms with E-state index < -0.39 is 5.97 Å². The molecule has 274 valence electrons. The van der Waals surface area contributed by atoms with Gasteiger partial charge in [0, 0.05) is 26.2 Å². The van der Waals surface area contributed by atoms with Crippen LogP contribution < -0.4 is 10.6 Å². The van der Waals surface area contributed by atoms with E-state index >= 15 is 0 Å². The van der Waals surface area contributed by atoms with Gasteiger partial charge in [0.2, 0.25) is 11.8 Å². The monoisotopic (exact) mass is 685 g/mol. The van der Waals surface area contributed by atoms with Crippen molar-refractivity contribution in [2.45, 2.75) is 106 Å². The molecule has 3 saturated carbocycles. The molecule has 0 radical (unpaired) electrons. The topological polar surface area (TPSA) is 98.7 Å². The third-order valence-corrected chi connectivity index (χ3v) is 15.6. The molecule has 1 aromatic carbocycles. The summed E-state index contributed by atoms with van der Waals surface area (Å²) in [6.07, 6.45) is 13.4. The second-order valence-electron chi connectivity index (χ2n) is 18.0. The van der Waals surface area contributed by atoms with Gasteiger partial charge in [0.15, 0.2) is 0 Å². The minimum atomic E-state index is -0.884. The molecular formula is C43H63N3O4. The first kappa shape index (κ1) is 36.8. The molecule has 6 rings (SSSR count). The third-order valence-electron chi connectivity index (χ3n) is 15.6. The van der Waals surface area contributed by atoms with Crippen molar-refractivity contribution in [3.63, 3.8) is 0 Å². The Labute approximate surface area is 301 Å². The van der Waals surface area contributed by atoms with Crippen molar-refractivity contribution in [1.82, 2.24) is 15.5 Å². The normalized spacial score (nSPS) is 37.3. The van der Waals surface area contributed by atoms with E-state index in [1.165, 1.54) is 30.4 Å². The van der Waals surface area contributed by atoms with Gasteiger partial charge in [-0.3, -0.25) is 14.5 Å². The molecule has 7 heteroatoms. The Morgan fingerprint density at radius 2 is 1.72 bits per heavy atom. The summed E-state index contributed by atoms with van der Waals surface area (Å²) in [6.45, 7) is 22.4. The van der Waals surface area contributed by atoms with Crippen LogP contribution in [0.2, 0.25) is 0 Å². The summed E-state index contributed by atoms with van der Waals surface area (Å²) >= 11 is 0. The lowest BCUT2D eigenvalue weighted by molar-refractivity contribution is -0.178. The minimum absolute atomic E-state index is 0.0583. The van der Waals surface area contributed by atoms with Crippen molar-refractivity contribution in [3.8, 4) is 0 Å². The molecule has 1 saturated heterocycles. The van der Waals surface area contributed by atoms with E-state index in [-0.39, 0.29) is 33.5 Å². The molecule has 1 heterocycles. The Morgan fingerprint density at radius 1 is 0.980 bits per heavy atom. The standard InChI is InChI=1S/C43H63N3O4/c1-28(2)33-18-20-43(39(50)45-24-26-46-25-23-44-36(47)27-46)22-21-42(7)35(37(33)43)16-15-32-9-8-10-34(30-11-13-31(14-12-30)38(48)49)40(4,5)29(3)17-19-41(32,42)6/h10-14,29,32-33,35,37H,1,8-9,15-27H2,2-7H3,(H,44,47)(H,45,50)(H,48,49). The maximum absolute atomic E-state index is 14.4. The van der Waals surface area contributed by atoms with Crippen molar-refractivity contribution >= 4 is 23.4 Å². The molecule has 0 bridgehead atoms. The largest absolute Gasteiger partial charge is 0.478 e. The van der Waals surface area contributed by atoms with Crippen LogP contribution in [0.3, 0.4) is 0 Å². The molecule has 3 N–H and O–H groups in total. The summed E-state index contributed by atoms with van der Waals surface area (Å²) in [7, 11) is 0. The van der Waals surface area contributed by atoms with Crippen LogP contribution in [0, 0.1) is 51.2 Å². The first-order valence-corrected chi connectivity index (χ1v) is 19.6. The van der Waals surface area contributed by atoms with Gasteiger partial charge in [-0.1, -0.05) is 65.0 Å². The lowest BCUT2D eigenvalue weighted by atomic mass is 9.38. The van der Waals surface area contributed by atoms with Crippen molar-refractivity contribution in [2.75, 3.05) is 32.7 Å². The Morgan fingerprint density at radius 3 is 2.40 bits per heavy atom. The van der Waals surface area contributed by atoms with Crippen LogP contribution in [0.25, 0.3) is 5.57 Å². The fourth-order valence-electron chi connectivity index (χ4n) is 11.9. The van der Waals surface area contributed by atoms with E-state index in [0.29, 0.717) is 61.3 Å². The highest BCUT2D eigenvalue weighted by molar-refractivity contribution is 5.88. The highest BCUT2D eigenvalue weighted by Crippen LogP contribution is 2.72. The number of amides is 2. The first-order chi connectivity index (χ1) is 23.6. The summed E-state index contributed by atoms with van der Waals surface area (Å²) in [6, 6.07) is 7.50. The van der Waals surface area contributed by atoms with Crippen LogP contribution >= 0.6 is 0 Å². The van der Waals surface area contributed by atoms with Gasteiger partial charge in [0.05, 0.1) is 17.5 Å². The second-order valence-corrected chi connectivity index (χ2v) is 18.0. The van der Waals surface area contributed by atoms with Gasteiger partial charge in [-0.25, -0.2) is 4.79 Å². The number of piperazine rings is 1. The van der Waals surface area contributed by atoms with Crippen LogP contribution in [0.15, 0.2) is 42.5 Å². The molecule has 0 aromatic heterocycles. The van der Waals surface area contributed by atoms with Crippen LogP contribution in [-0.2, 0) is 9.59 Å². The Kier molecular flexibility index (Phi) is 10.2. The molecule has 7 nitrogen and oxygen atoms in total. The van der Waals surface area contributed by atoms with Crippen molar-refractivity contribution in [1.29, 1.82) is 0 Å². The molecule has 4 aliphatic carbocycles. The number of hydrogen-bond acceptors (Lipinski definition) is 4. The number of fused-ring (bicyclic) bond motifs is 5. The number of nitrogens with zero attached hydrogens (tertiary/aromatic N) is 1. The average molecular weight is 686 g/mol. The molecule has 8 atom stereocenters. The van der Waals surface area contributed by atoms with Gasteiger partial charge >= 0.3 is 5.97 Å². The molecule has 1 aromatic rings. The number of benzene rings is 1. The van der Waals surface area contributed by atoms with E-state index in [0.717, 1.165) is 57.1 Å². The number of hydrogen-bond donors (Lipinski definition) is 3. The average Bonchev–Trinajstić information content (AvgIpc) is 3.48. The molecule has 4 fully saturated rings. The van der Waals surface area contributed by atoms with E-state index in [1.54, 1.807) is 12.1 Å². The van der Waals surface area contributed by atoms with Gasteiger partial charge in [-0.05, 0) is 140 Å². The number of nitrogens with one attached hydrogen (secondary N) is 2. The predicted molar refractivity (Wildman–Crippen MR) is 200 cm³/mol. The Hall–Kier alpha value is -2.93. The SMILES string of the molecule is C=C(C)C1CCC2(C(=O)NCCN3CCNC(=O)C3)CCC3(C)C(CCC4CCC=C(c5ccc(C(=O)O)cc5)C(C)(C)C(C)CCC43C)C12. The number of aromatic carboxylic acids is 1. The molecule has 5 aliphatic rings. The number of carbonyl (C=O) groups is 3. The van der Waals surface area contributed by atoms with Gasteiger partial charge in [0.1, 0.15) is 0 Å². The molecule has 0 spiro atoms. The maximum Gasteiger partial charge on any atom is 0.335 e. The number of carboxylic acid groups (broad SMARTS) is 1. The van der Waals surface area contributed by atoms with Crippen LogP contribution in [0.5, 0.6) is 0 Å². The van der Waals surface area contributed by atoms with Gasteiger partial charge in [0.25, 0.3) is 0 Å². The lowest BCUT2D eigenvalue weighted by Gasteiger charge is -2.66. The summed E-state index contributed by atoms with van der Waals surface area (Å²) in [4.78, 5) is 40.1. The Bertz CT molecular complexity index is 1510. The zero-order valence-corrected chi connectivity index (χ0v) is 31.7. The minimum Gasteiger partial charge on any atom is -0.478 e. The van der Waals surface area contributed by atoms with E-state index in [9.17, 15) is 19.5 Å². The first-order valence-electron chi connectivity index (χ1n) is 19.6. The quantitative estimate of drug-likeness (QED) is 0.253. The summed E-state index contributed by atoms with van der Waals surface area (Å²) in [5, 5.41) is 15.8. The maximum atomic E-state index is 14.4. The van der Waals surface area contributed by atoms with E-state index in [2.05, 4.69) is 69.7 Å². The summed E-state index contributed by atoms with van der Waals surface area (Å²) < 4.78 is 0. The molecule has 1 aliphatic heterocycles. The molecular weight excluding hydrogens is 622 g/mol. The summed E-state index contributed by atoms with van der Waals surface area (Å²) in [5.74, 6) is 1.69. The number of carbonyl (C=O) groups excluding carboxylic acids is 2. The number of allylic oxidation sites excluding steroid dienone is 3. The van der Waals surface area contributed by atoms with E-state index in [1.807, 2.05) is 12.1 Å². The van der Waals surface area contributed by atoms with Crippen LogP contribution in [-0.4, -0.2) is 60.5 Å².